The van der Waals surface area contributed by atoms with Crippen LogP contribution in [0.5, 0.6) is 0 Å². The van der Waals surface area contributed by atoms with E-state index in [1.807, 2.05) is 29.0 Å². The van der Waals surface area contributed by atoms with Crippen molar-refractivity contribution in [1.29, 1.82) is 0 Å². The smallest absolute Gasteiger partial charge is 0.186 e. The largest absolute Gasteiger partial charge is 0.550 e. The Labute approximate surface area is 116 Å². The molecule has 19 heavy (non-hydrogen) atoms. The molecule has 0 unspecified atom stereocenters. The molecule has 0 atom stereocenters. The Morgan fingerprint density at radius 3 is 2.47 bits per heavy atom. The molecule has 1 aromatic heterocycles. The zero-order valence-electron chi connectivity index (χ0n) is 11.9. The van der Waals surface area contributed by atoms with Crippen molar-refractivity contribution in [2.24, 2.45) is 0 Å². The lowest BCUT2D eigenvalue weighted by atomic mass is 10.1. The summed E-state index contributed by atoms with van der Waals surface area (Å²) in [4.78, 5) is 10.7. The quantitative estimate of drug-likeness (QED) is 0.479. The molecule has 1 heterocycles. The van der Waals surface area contributed by atoms with Crippen LogP contribution >= 0.6 is 0 Å². The van der Waals surface area contributed by atoms with Crippen LogP contribution in [-0.4, -0.2) is 5.97 Å². The predicted octanol–water partition coefficient (Wildman–Crippen LogP) is 2.02. The minimum Gasteiger partial charge on any atom is -0.550 e. The fourth-order valence-electron chi connectivity index (χ4n) is 2.28. The van der Waals surface area contributed by atoms with E-state index in [2.05, 4.69) is 6.92 Å². The second-order valence-corrected chi connectivity index (χ2v) is 5.06. The van der Waals surface area contributed by atoms with Gasteiger partial charge in [-0.25, -0.2) is 4.57 Å². The van der Waals surface area contributed by atoms with Crippen LogP contribution in [0.25, 0.3) is 0 Å². The van der Waals surface area contributed by atoms with Gasteiger partial charge in [-0.2, -0.15) is 0 Å². The highest BCUT2D eigenvalue weighted by Gasteiger charge is 2.08. The number of aromatic nitrogens is 1. The van der Waals surface area contributed by atoms with Crippen LogP contribution in [0.2, 0.25) is 0 Å². The van der Waals surface area contributed by atoms with Gasteiger partial charge in [0.1, 0.15) is 6.54 Å². The van der Waals surface area contributed by atoms with Gasteiger partial charge in [-0.1, -0.05) is 45.1 Å². The lowest BCUT2D eigenvalue weighted by Gasteiger charge is -2.05. The average molecular weight is 263 g/mol. The third-order valence-corrected chi connectivity index (χ3v) is 3.36. The summed E-state index contributed by atoms with van der Waals surface area (Å²) in [6.07, 6.45) is 10.8. The SMILES string of the molecule is CCCCCCCCC[n+]1ccccc1CC(=O)[O-]. The molecule has 0 saturated carbocycles. The fraction of sp³-hybridized carbons (Fsp3) is 0.625. The zero-order valence-corrected chi connectivity index (χ0v) is 11.9. The maximum atomic E-state index is 10.7. The standard InChI is InChI=1S/C16H25NO2/c1-2-3-4-5-6-7-9-12-17-13-10-8-11-15(17)14-16(18)19/h8,10-11,13H,2-7,9,12,14H2,1H3. The molecule has 0 aromatic carbocycles. The maximum absolute atomic E-state index is 10.7. The summed E-state index contributed by atoms with van der Waals surface area (Å²) in [5.41, 5.74) is 0.827. The fourth-order valence-corrected chi connectivity index (χ4v) is 2.28. The molecule has 0 bridgehead atoms. The second-order valence-electron chi connectivity index (χ2n) is 5.06. The van der Waals surface area contributed by atoms with Gasteiger partial charge in [0.05, 0.1) is 12.4 Å². The Morgan fingerprint density at radius 1 is 1.11 bits per heavy atom. The van der Waals surface area contributed by atoms with Crippen molar-refractivity contribution < 1.29 is 14.5 Å². The minimum atomic E-state index is -1.01. The van der Waals surface area contributed by atoms with E-state index >= 15 is 0 Å². The molecule has 0 aliphatic rings. The van der Waals surface area contributed by atoms with Crippen LogP contribution < -0.4 is 9.67 Å². The van der Waals surface area contributed by atoms with E-state index in [0.29, 0.717) is 0 Å². The molecule has 1 aromatic rings. The summed E-state index contributed by atoms with van der Waals surface area (Å²) >= 11 is 0. The molecule has 3 nitrogen and oxygen atoms in total. The molecule has 0 aliphatic carbocycles. The Balaban J connectivity index is 2.26. The average Bonchev–Trinajstić information content (AvgIpc) is 2.39. The highest BCUT2D eigenvalue weighted by molar-refractivity contribution is 5.66. The number of hydrogen-bond acceptors (Lipinski definition) is 2. The first-order chi connectivity index (χ1) is 9.24. The lowest BCUT2D eigenvalue weighted by molar-refractivity contribution is -0.704. The third-order valence-electron chi connectivity index (χ3n) is 3.36. The van der Waals surface area contributed by atoms with Crippen molar-refractivity contribution in [3.8, 4) is 0 Å². The van der Waals surface area contributed by atoms with Crippen LogP contribution in [-0.2, 0) is 17.8 Å². The van der Waals surface area contributed by atoms with Gasteiger partial charge in [-0.15, -0.1) is 0 Å². The number of carbonyl (C=O) groups is 1. The number of carboxylic acids is 1. The summed E-state index contributed by atoms with van der Waals surface area (Å²) in [6, 6.07) is 5.68. The van der Waals surface area contributed by atoms with E-state index in [4.69, 9.17) is 0 Å². The zero-order chi connectivity index (χ0) is 13.9. The summed E-state index contributed by atoms with van der Waals surface area (Å²) in [5, 5.41) is 10.7. The van der Waals surface area contributed by atoms with Gasteiger partial charge in [0.15, 0.2) is 11.9 Å². The Morgan fingerprint density at radius 2 is 1.79 bits per heavy atom. The minimum absolute atomic E-state index is 0.00264. The molecular weight excluding hydrogens is 238 g/mol. The summed E-state index contributed by atoms with van der Waals surface area (Å²) < 4.78 is 2.03. The van der Waals surface area contributed by atoms with Gasteiger partial charge in [0.2, 0.25) is 0 Å². The van der Waals surface area contributed by atoms with Crippen LogP contribution in [0.15, 0.2) is 24.4 Å². The summed E-state index contributed by atoms with van der Waals surface area (Å²) in [5.74, 6) is -1.01. The number of aryl methyl sites for hydroxylation is 1. The van der Waals surface area contributed by atoms with E-state index in [1.54, 1.807) is 0 Å². The molecular formula is C16H25NO2. The highest BCUT2D eigenvalue weighted by Crippen LogP contribution is 2.07. The van der Waals surface area contributed by atoms with Crippen molar-refractivity contribution in [2.75, 3.05) is 0 Å². The first-order valence-corrected chi connectivity index (χ1v) is 7.41. The molecule has 0 radical (unpaired) electrons. The van der Waals surface area contributed by atoms with Crippen molar-refractivity contribution in [3.63, 3.8) is 0 Å². The van der Waals surface area contributed by atoms with E-state index < -0.39 is 5.97 Å². The topological polar surface area (TPSA) is 44.0 Å². The number of carboxylic acid groups (broad SMARTS) is 1. The Hall–Kier alpha value is -1.38. The second kappa shape index (κ2) is 9.54. The molecule has 0 fully saturated rings. The molecule has 1 rings (SSSR count). The predicted molar refractivity (Wildman–Crippen MR) is 73.3 cm³/mol. The number of rotatable bonds is 10. The van der Waals surface area contributed by atoms with Gasteiger partial charge >= 0.3 is 0 Å². The van der Waals surface area contributed by atoms with Gasteiger partial charge < -0.3 is 9.90 Å². The number of aliphatic carboxylic acids is 1. The van der Waals surface area contributed by atoms with E-state index in [1.165, 1.54) is 38.5 Å². The van der Waals surface area contributed by atoms with Crippen LogP contribution in [0.4, 0.5) is 0 Å². The third kappa shape index (κ3) is 6.94. The number of nitrogens with zero attached hydrogens (tertiary/aromatic N) is 1. The molecule has 3 heteroatoms. The molecule has 106 valence electrons. The van der Waals surface area contributed by atoms with Gasteiger partial charge in [0.25, 0.3) is 0 Å². The van der Waals surface area contributed by atoms with Gasteiger partial charge in [-0.05, 0) is 6.42 Å². The summed E-state index contributed by atoms with van der Waals surface area (Å²) in [7, 11) is 0. The molecule has 0 saturated heterocycles. The summed E-state index contributed by atoms with van der Waals surface area (Å²) in [6.45, 7) is 3.13. The van der Waals surface area contributed by atoms with Crippen LogP contribution in [0.1, 0.15) is 57.6 Å². The van der Waals surface area contributed by atoms with Gasteiger partial charge in [-0.3, -0.25) is 0 Å². The monoisotopic (exact) mass is 263 g/mol. The maximum Gasteiger partial charge on any atom is 0.186 e. The van der Waals surface area contributed by atoms with Crippen LogP contribution in [0.3, 0.4) is 0 Å². The van der Waals surface area contributed by atoms with Crippen molar-refractivity contribution in [2.45, 2.75) is 64.8 Å². The van der Waals surface area contributed by atoms with Crippen molar-refractivity contribution in [3.05, 3.63) is 30.1 Å². The van der Waals surface area contributed by atoms with E-state index in [9.17, 15) is 9.90 Å². The molecule has 0 amide bonds. The first kappa shape index (κ1) is 15.7. The van der Waals surface area contributed by atoms with E-state index in [0.717, 1.165) is 18.7 Å². The molecule has 0 N–H and O–H groups in total. The number of carbonyl (C=O) groups excluding carboxylic acids is 1. The van der Waals surface area contributed by atoms with Crippen molar-refractivity contribution in [1.82, 2.24) is 0 Å². The Bertz CT molecular complexity index is 377. The molecule has 0 aliphatic heterocycles. The van der Waals surface area contributed by atoms with Crippen LogP contribution in [0, 0.1) is 0 Å². The number of unbranched alkanes of at least 4 members (excludes halogenated alkanes) is 6. The molecule has 0 spiro atoms. The number of pyridine rings is 1. The highest BCUT2D eigenvalue weighted by atomic mass is 16.4. The van der Waals surface area contributed by atoms with E-state index in [-0.39, 0.29) is 6.42 Å². The number of hydrogen-bond donors (Lipinski definition) is 0. The first-order valence-electron chi connectivity index (χ1n) is 7.41. The lowest BCUT2D eigenvalue weighted by Crippen LogP contribution is -2.40. The Kier molecular flexibility index (Phi) is 7.87. The normalized spacial score (nSPS) is 10.6. The van der Waals surface area contributed by atoms with Gasteiger partial charge in [0, 0.05) is 18.6 Å². The van der Waals surface area contributed by atoms with Crippen molar-refractivity contribution >= 4 is 5.97 Å².